The molecule has 1 aliphatic heterocycles. The highest BCUT2D eigenvalue weighted by atomic mass is 35.5. The van der Waals surface area contributed by atoms with Gasteiger partial charge in [-0.2, -0.15) is 0 Å². The van der Waals surface area contributed by atoms with Crippen molar-refractivity contribution in [2.24, 2.45) is 0 Å². The number of amides is 1. The van der Waals surface area contributed by atoms with Crippen LogP contribution in [-0.2, 0) is 19.8 Å². The Morgan fingerprint density at radius 3 is 2.60 bits per heavy atom. The van der Waals surface area contributed by atoms with E-state index in [1.165, 1.54) is 18.2 Å². The number of benzene rings is 2. The summed E-state index contributed by atoms with van der Waals surface area (Å²) in [7, 11) is 0. The number of carbonyl (C=O) groups excluding carboxylic acids is 2. The Balaban J connectivity index is 2.23. The molecule has 0 aromatic heterocycles. The number of halogens is 1. The van der Waals surface area contributed by atoms with Crippen LogP contribution < -0.4 is 5.06 Å². The monoisotopic (exact) mass is 361 g/mol. The quantitative estimate of drug-likeness (QED) is 0.873. The average Bonchev–Trinajstić information content (AvgIpc) is 2.84. The molecule has 6 nitrogen and oxygen atoms in total. The van der Waals surface area contributed by atoms with Gasteiger partial charge in [0.15, 0.2) is 0 Å². The molecule has 0 fully saturated rings. The minimum Gasteiger partial charge on any atom is -0.508 e. The molecule has 2 aromatic carbocycles. The van der Waals surface area contributed by atoms with Crippen molar-refractivity contribution in [1.82, 2.24) is 0 Å². The number of para-hydroxylation sites is 1. The maximum absolute atomic E-state index is 13.1. The van der Waals surface area contributed by atoms with Gasteiger partial charge in [0, 0.05) is 22.6 Å². The van der Waals surface area contributed by atoms with E-state index >= 15 is 0 Å². The van der Waals surface area contributed by atoms with Gasteiger partial charge in [0.25, 0.3) is 5.91 Å². The second kappa shape index (κ2) is 6.38. The van der Waals surface area contributed by atoms with E-state index in [1.54, 1.807) is 31.2 Å². The Hall–Kier alpha value is -2.57. The molecular weight excluding hydrogens is 346 g/mol. The number of hydrogen-bond acceptors (Lipinski definition) is 5. The molecule has 1 amide bonds. The van der Waals surface area contributed by atoms with Crippen LogP contribution in [0.5, 0.6) is 5.75 Å². The van der Waals surface area contributed by atoms with Crippen LogP contribution in [0.2, 0.25) is 5.02 Å². The van der Waals surface area contributed by atoms with E-state index in [1.807, 2.05) is 0 Å². The summed E-state index contributed by atoms with van der Waals surface area (Å²) in [5, 5.41) is 21.7. The summed E-state index contributed by atoms with van der Waals surface area (Å²) in [6.45, 7) is 0.997. The van der Waals surface area contributed by atoms with Gasteiger partial charge in [-0.25, -0.2) is 4.79 Å². The number of aliphatic hydroxyl groups excluding tert-OH is 1. The number of hydroxylamine groups is 1. The first-order valence-corrected chi connectivity index (χ1v) is 8.08. The number of fused-ring (bicyclic) bond motifs is 1. The van der Waals surface area contributed by atoms with E-state index < -0.39 is 23.9 Å². The normalized spacial score (nSPS) is 19.0. The fourth-order valence-corrected chi connectivity index (χ4v) is 3.20. The molecule has 130 valence electrons. The van der Waals surface area contributed by atoms with Gasteiger partial charge in [-0.1, -0.05) is 42.8 Å². The maximum atomic E-state index is 13.1. The Kier molecular flexibility index (Phi) is 4.41. The fourth-order valence-electron chi connectivity index (χ4n) is 3.03. The predicted octanol–water partition coefficient (Wildman–Crippen LogP) is 2.54. The Morgan fingerprint density at radius 2 is 1.96 bits per heavy atom. The number of aromatic hydroxyl groups is 1. The average molecular weight is 362 g/mol. The first kappa shape index (κ1) is 17.3. The molecule has 3 rings (SSSR count). The van der Waals surface area contributed by atoms with Gasteiger partial charge >= 0.3 is 5.97 Å². The summed E-state index contributed by atoms with van der Waals surface area (Å²) < 4.78 is 0. The van der Waals surface area contributed by atoms with Crippen molar-refractivity contribution in [2.75, 3.05) is 11.7 Å². The van der Waals surface area contributed by atoms with Crippen LogP contribution in [0.25, 0.3) is 0 Å². The van der Waals surface area contributed by atoms with Crippen LogP contribution in [0, 0.1) is 0 Å². The molecule has 1 unspecified atom stereocenters. The zero-order valence-corrected chi connectivity index (χ0v) is 14.2. The van der Waals surface area contributed by atoms with Crippen molar-refractivity contribution >= 4 is 29.2 Å². The lowest BCUT2D eigenvalue weighted by atomic mass is 9.75. The van der Waals surface area contributed by atoms with Crippen LogP contribution in [0.3, 0.4) is 0 Å². The highest BCUT2D eigenvalue weighted by Gasteiger charge is 2.54. The molecule has 0 radical (unpaired) electrons. The predicted molar refractivity (Wildman–Crippen MR) is 91.3 cm³/mol. The van der Waals surface area contributed by atoms with E-state index in [0.717, 1.165) is 5.06 Å². The van der Waals surface area contributed by atoms with Gasteiger partial charge in [-0.15, -0.1) is 5.06 Å². The van der Waals surface area contributed by atoms with E-state index in [9.17, 15) is 19.8 Å². The number of carbonyl (C=O) groups is 2. The van der Waals surface area contributed by atoms with Crippen LogP contribution in [0.1, 0.15) is 24.5 Å². The van der Waals surface area contributed by atoms with Crippen molar-refractivity contribution in [3.8, 4) is 5.75 Å². The Bertz CT molecular complexity index is 853. The maximum Gasteiger partial charge on any atom is 0.332 e. The Labute approximate surface area is 149 Å². The van der Waals surface area contributed by atoms with Crippen LogP contribution >= 0.6 is 11.6 Å². The van der Waals surface area contributed by atoms with Gasteiger partial charge in [-0.05, 0) is 18.2 Å². The number of aliphatic hydroxyl groups is 1. The summed E-state index contributed by atoms with van der Waals surface area (Å²) in [6, 6.07) is 10.9. The third-order valence-electron chi connectivity index (χ3n) is 4.27. The minimum atomic E-state index is -1.58. The van der Waals surface area contributed by atoms with Crippen molar-refractivity contribution in [3.05, 3.63) is 58.6 Å². The van der Waals surface area contributed by atoms with Crippen molar-refractivity contribution in [1.29, 1.82) is 0 Å². The minimum absolute atomic E-state index is 0.0876. The van der Waals surface area contributed by atoms with Gasteiger partial charge < -0.3 is 15.1 Å². The molecule has 1 heterocycles. The SMILES string of the molecule is CCC(=O)ON1C(=O)C(CO)(c2ccc(Cl)cc2O)c2ccccc21. The van der Waals surface area contributed by atoms with Crippen molar-refractivity contribution in [3.63, 3.8) is 0 Å². The molecule has 0 aliphatic carbocycles. The van der Waals surface area contributed by atoms with Crippen molar-refractivity contribution < 1.29 is 24.6 Å². The van der Waals surface area contributed by atoms with Gasteiger partial charge in [-0.3, -0.25) is 4.79 Å². The lowest BCUT2D eigenvalue weighted by Crippen LogP contribution is -2.44. The summed E-state index contributed by atoms with van der Waals surface area (Å²) in [6.07, 6.45) is 0.0876. The number of anilines is 1. The lowest BCUT2D eigenvalue weighted by Gasteiger charge is -2.27. The first-order valence-electron chi connectivity index (χ1n) is 7.70. The molecule has 2 aromatic rings. The van der Waals surface area contributed by atoms with Crippen molar-refractivity contribution in [2.45, 2.75) is 18.8 Å². The molecule has 7 heteroatoms. The summed E-state index contributed by atoms with van der Waals surface area (Å²) in [4.78, 5) is 30.0. The van der Waals surface area contributed by atoms with Crippen LogP contribution in [0.15, 0.2) is 42.5 Å². The first-order chi connectivity index (χ1) is 12.0. The second-order valence-corrected chi connectivity index (χ2v) is 6.09. The van der Waals surface area contributed by atoms with Crippen LogP contribution in [-0.4, -0.2) is 28.7 Å². The highest BCUT2D eigenvalue weighted by molar-refractivity contribution is 6.30. The van der Waals surface area contributed by atoms with Gasteiger partial charge in [0.1, 0.15) is 11.2 Å². The van der Waals surface area contributed by atoms with Gasteiger partial charge in [0.2, 0.25) is 0 Å². The number of phenolic OH excluding ortho intramolecular Hbond substituents is 1. The smallest absolute Gasteiger partial charge is 0.332 e. The lowest BCUT2D eigenvalue weighted by molar-refractivity contribution is -0.151. The molecule has 0 saturated carbocycles. The molecule has 1 aliphatic rings. The van der Waals surface area contributed by atoms with Gasteiger partial charge in [0.05, 0.1) is 12.3 Å². The molecule has 0 saturated heterocycles. The number of hydrogen-bond donors (Lipinski definition) is 2. The van der Waals surface area contributed by atoms with E-state index in [2.05, 4.69) is 0 Å². The largest absolute Gasteiger partial charge is 0.508 e. The van der Waals surface area contributed by atoms with E-state index in [0.29, 0.717) is 16.3 Å². The number of phenols is 1. The summed E-state index contributed by atoms with van der Waals surface area (Å²) in [5.74, 6) is -1.47. The topological polar surface area (TPSA) is 87.1 Å². The molecular formula is C18H16ClNO5. The summed E-state index contributed by atoms with van der Waals surface area (Å²) in [5.41, 5.74) is -0.618. The molecule has 2 N–H and O–H groups in total. The standard InChI is InChI=1S/C18H16ClNO5/c1-2-16(23)25-20-14-6-4-3-5-12(14)18(10-21,17(20)24)13-8-7-11(19)9-15(13)22/h3-9,21-22H,2,10H2,1H3. The highest BCUT2D eigenvalue weighted by Crippen LogP contribution is 2.48. The zero-order valence-electron chi connectivity index (χ0n) is 13.4. The third-order valence-corrected chi connectivity index (χ3v) is 4.51. The molecule has 25 heavy (non-hydrogen) atoms. The molecule has 0 bridgehead atoms. The number of nitrogens with zero attached hydrogens (tertiary/aromatic N) is 1. The number of rotatable bonds is 4. The Morgan fingerprint density at radius 1 is 1.24 bits per heavy atom. The fraction of sp³-hybridized carbons (Fsp3) is 0.222. The third kappa shape index (κ3) is 2.54. The molecule has 1 atom stereocenters. The zero-order chi connectivity index (χ0) is 18.2. The van der Waals surface area contributed by atoms with E-state index in [4.69, 9.17) is 16.4 Å². The summed E-state index contributed by atoms with van der Waals surface area (Å²) >= 11 is 5.88. The second-order valence-electron chi connectivity index (χ2n) is 5.66. The van der Waals surface area contributed by atoms with E-state index in [-0.39, 0.29) is 17.7 Å². The molecule has 0 spiro atoms. The van der Waals surface area contributed by atoms with Crippen LogP contribution in [0.4, 0.5) is 5.69 Å².